The molecule has 3 rings (SSSR count). The van der Waals surface area contributed by atoms with Crippen LogP contribution in [0.4, 0.5) is 5.69 Å². The highest BCUT2D eigenvalue weighted by atomic mass is 127. The van der Waals surface area contributed by atoms with Crippen molar-refractivity contribution in [3.63, 3.8) is 0 Å². The Hall–Kier alpha value is 0.0200. The number of carbonyl (C=O) groups excluding carboxylic acids is 4. The van der Waals surface area contributed by atoms with Gasteiger partial charge in [-0.05, 0) is 114 Å². The molecule has 13 heteroatoms. The van der Waals surface area contributed by atoms with E-state index in [1.807, 2.05) is 45.2 Å². The van der Waals surface area contributed by atoms with Crippen molar-refractivity contribution in [2.24, 2.45) is 5.92 Å². The maximum absolute atomic E-state index is 13.3. The Morgan fingerprint density at radius 3 is 2.00 bits per heavy atom. The molecule has 0 saturated heterocycles. The molecule has 0 bridgehead atoms. The Bertz CT molecular complexity index is 1190. The number of halogens is 6. The molecular weight excluding hydrogens is 939 g/mol. The molecular formula is C21H14Cl2I4N2O5. The van der Waals surface area contributed by atoms with E-state index in [1.54, 1.807) is 19.9 Å². The van der Waals surface area contributed by atoms with Crippen molar-refractivity contribution < 1.29 is 23.9 Å². The van der Waals surface area contributed by atoms with E-state index in [0.717, 1.165) is 12.0 Å². The Kier molecular flexibility index (Phi) is 9.76. The van der Waals surface area contributed by atoms with Crippen LogP contribution in [0.25, 0.3) is 0 Å². The predicted molar refractivity (Wildman–Crippen MR) is 162 cm³/mol. The maximum Gasteiger partial charge on any atom is 0.330 e. The largest absolute Gasteiger partial charge is 0.454 e. The number of ether oxygens (including phenoxy) is 1. The lowest BCUT2D eigenvalue weighted by molar-refractivity contribution is -0.152. The van der Waals surface area contributed by atoms with E-state index in [4.69, 9.17) is 27.9 Å². The number of fused-ring (bicyclic) bond motifs is 1. The minimum Gasteiger partial charge on any atom is -0.454 e. The van der Waals surface area contributed by atoms with Crippen molar-refractivity contribution in [1.29, 1.82) is 0 Å². The van der Waals surface area contributed by atoms with Crippen LogP contribution in [0.15, 0.2) is 18.2 Å². The highest BCUT2D eigenvalue weighted by Crippen LogP contribution is 2.39. The van der Waals surface area contributed by atoms with Crippen LogP contribution in [-0.4, -0.2) is 41.2 Å². The molecule has 34 heavy (non-hydrogen) atoms. The van der Waals surface area contributed by atoms with Crippen LogP contribution in [0.2, 0.25) is 10.0 Å². The molecule has 1 heterocycles. The lowest BCUT2D eigenvalue weighted by Gasteiger charge is -2.27. The number of benzene rings is 2. The van der Waals surface area contributed by atoms with E-state index in [-0.39, 0.29) is 21.8 Å². The van der Waals surface area contributed by atoms with Gasteiger partial charge in [0.15, 0.2) is 6.61 Å². The zero-order chi connectivity index (χ0) is 25.5. The van der Waals surface area contributed by atoms with Gasteiger partial charge in [-0.15, -0.1) is 0 Å². The number of imide groups is 1. The average Bonchev–Trinajstić information content (AvgIpc) is 3.02. The fraction of sp³-hybridized carbons (Fsp3) is 0.238. The summed E-state index contributed by atoms with van der Waals surface area (Å²) in [4.78, 5) is 52.9. The molecule has 3 amide bonds. The van der Waals surface area contributed by atoms with Gasteiger partial charge >= 0.3 is 5.97 Å². The van der Waals surface area contributed by atoms with Crippen LogP contribution in [0.5, 0.6) is 0 Å². The molecule has 0 radical (unpaired) electrons. The molecule has 0 saturated carbocycles. The Morgan fingerprint density at radius 1 is 0.971 bits per heavy atom. The summed E-state index contributed by atoms with van der Waals surface area (Å²) in [5.74, 6) is -3.06. The number of esters is 1. The third kappa shape index (κ3) is 5.62. The summed E-state index contributed by atoms with van der Waals surface area (Å²) < 4.78 is 8.26. The molecule has 1 N–H and O–H groups in total. The number of hydrogen-bond donors (Lipinski definition) is 1. The molecule has 1 aliphatic heterocycles. The molecule has 2 aromatic rings. The van der Waals surface area contributed by atoms with Gasteiger partial charge in [-0.1, -0.05) is 37.0 Å². The number of carbonyl (C=O) groups is 4. The summed E-state index contributed by atoms with van der Waals surface area (Å²) in [7, 11) is 0. The van der Waals surface area contributed by atoms with Gasteiger partial charge in [0, 0.05) is 19.3 Å². The smallest absolute Gasteiger partial charge is 0.330 e. The van der Waals surface area contributed by atoms with Crippen LogP contribution in [-0.2, 0) is 14.3 Å². The van der Waals surface area contributed by atoms with E-state index < -0.39 is 42.3 Å². The van der Waals surface area contributed by atoms with E-state index in [9.17, 15) is 19.2 Å². The van der Waals surface area contributed by atoms with Crippen LogP contribution in [0, 0.1) is 20.2 Å². The summed E-state index contributed by atoms with van der Waals surface area (Å²) in [5.41, 5.74) is 0.836. The van der Waals surface area contributed by atoms with Crippen LogP contribution in [0.3, 0.4) is 0 Å². The first-order valence-corrected chi connectivity index (χ1v) is 14.6. The third-order valence-electron chi connectivity index (χ3n) is 4.83. The molecule has 0 fully saturated rings. The second-order valence-electron chi connectivity index (χ2n) is 7.46. The summed E-state index contributed by atoms with van der Waals surface area (Å²) in [6.07, 6.45) is 0. The van der Waals surface area contributed by atoms with Gasteiger partial charge in [0.1, 0.15) is 6.04 Å². The summed E-state index contributed by atoms with van der Waals surface area (Å²) in [6, 6.07) is 3.36. The van der Waals surface area contributed by atoms with E-state index >= 15 is 0 Å². The first-order chi connectivity index (χ1) is 15.9. The standard InChI is InChI=1S/C21H14Cl2I4N2O5/c1-7(2)18(21(33)34-6-11(30)28-10-5-8(22)3-4-9(10)23)29-19(31)12-13(20(29)32)15(25)17(27)16(26)14(12)24/h3-5,7,18H,6H2,1-2H3,(H,28,30). The zero-order valence-corrected chi connectivity index (χ0v) is 27.5. The van der Waals surface area contributed by atoms with Gasteiger partial charge < -0.3 is 10.1 Å². The second-order valence-corrected chi connectivity index (χ2v) is 12.6. The van der Waals surface area contributed by atoms with Gasteiger partial charge in [-0.2, -0.15) is 0 Å². The van der Waals surface area contributed by atoms with Crippen molar-refractivity contribution in [2.45, 2.75) is 19.9 Å². The number of rotatable bonds is 6. The van der Waals surface area contributed by atoms with E-state index in [1.165, 1.54) is 12.1 Å². The van der Waals surface area contributed by atoms with Gasteiger partial charge in [-0.25, -0.2) is 4.79 Å². The maximum atomic E-state index is 13.3. The lowest BCUT2D eigenvalue weighted by Crippen LogP contribution is -2.49. The van der Waals surface area contributed by atoms with Gasteiger partial charge in [0.2, 0.25) is 0 Å². The number of nitrogens with zero attached hydrogens (tertiary/aromatic N) is 1. The SMILES string of the molecule is CC(C)C(C(=O)OCC(=O)Nc1cc(Cl)ccc1Cl)N1C(=O)c2c(I)c(I)c(I)c(I)c2C1=O. The number of anilines is 1. The molecule has 1 atom stereocenters. The summed E-state index contributed by atoms with van der Waals surface area (Å²) in [6.45, 7) is 2.77. The Morgan fingerprint density at radius 2 is 1.50 bits per heavy atom. The molecule has 2 aromatic carbocycles. The fourth-order valence-electron chi connectivity index (χ4n) is 3.30. The van der Waals surface area contributed by atoms with Crippen LogP contribution < -0.4 is 5.32 Å². The Labute approximate surface area is 259 Å². The van der Waals surface area contributed by atoms with Crippen molar-refractivity contribution in [3.05, 3.63) is 53.7 Å². The average molecular weight is 953 g/mol. The zero-order valence-electron chi connectivity index (χ0n) is 17.4. The normalized spacial score (nSPS) is 13.9. The van der Waals surface area contributed by atoms with Gasteiger partial charge in [0.05, 0.1) is 21.8 Å². The molecule has 7 nitrogen and oxygen atoms in total. The lowest BCUT2D eigenvalue weighted by atomic mass is 10.0. The molecule has 0 aliphatic carbocycles. The summed E-state index contributed by atoms with van der Waals surface area (Å²) in [5, 5.41) is 3.16. The van der Waals surface area contributed by atoms with Crippen molar-refractivity contribution in [3.8, 4) is 0 Å². The highest BCUT2D eigenvalue weighted by molar-refractivity contribution is 14.1. The first-order valence-electron chi connectivity index (χ1n) is 9.52. The number of amides is 3. The van der Waals surface area contributed by atoms with E-state index in [2.05, 4.69) is 50.5 Å². The second kappa shape index (κ2) is 11.6. The number of nitrogens with one attached hydrogen (secondary N) is 1. The minimum atomic E-state index is -1.20. The van der Waals surface area contributed by atoms with Crippen molar-refractivity contribution in [1.82, 2.24) is 4.90 Å². The fourth-order valence-corrected chi connectivity index (χ4v) is 7.28. The van der Waals surface area contributed by atoms with Crippen molar-refractivity contribution in [2.75, 3.05) is 11.9 Å². The van der Waals surface area contributed by atoms with Gasteiger partial charge in [0.25, 0.3) is 17.7 Å². The predicted octanol–water partition coefficient (Wildman–Crippen LogP) is 6.21. The molecule has 0 spiro atoms. The molecule has 1 aliphatic rings. The molecule has 180 valence electrons. The van der Waals surface area contributed by atoms with E-state index in [0.29, 0.717) is 12.2 Å². The Balaban J connectivity index is 1.81. The highest BCUT2D eigenvalue weighted by Gasteiger charge is 2.47. The van der Waals surface area contributed by atoms with Crippen molar-refractivity contribution >= 4 is 143 Å². The third-order valence-corrected chi connectivity index (χ3v) is 12.8. The number of hydrogen-bond acceptors (Lipinski definition) is 5. The molecule has 0 aromatic heterocycles. The quantitative estimate of drug-likeness (QED) is 0.122. The van der Waals surface area contributed by atoms with Crippen LogP contribution >= 0.6 is 114 Å². The monoisotopic (exact) mass is 952 g/mol. The van der Waals surface area contributed by atoms with Gasteiger partial charge in [-0.3, -0.25) is 19.3 Å². The topological polar surface area (TPSA) is 92.8 Å². The first kappa shape index (κ1) is 28.6. The van der Waals surface area contributed by atoms with Crippen LogP contribution in [0.1, 0.15) is 34.6 Å². The summed E-state index contributed by atoms with van der Waals surface area (Å²) >= 11 is 20.3. The molecule has 1 unspecified atom stereocenters. The minimum absolute atomic E-state index is 0.267.